The first-order valence-corrected chi connectivity index (χ1v) is 10.1. The number of methoxy groups -OCH3 is 2. The lowest BCUT2D eigenvalue weighted by Gasteiger charge is -2.26. The van der Waals surface area contributed by atoms with Gasteiger partial charge in [0.2, 0.25) is 0 Å². The van der Waals surface area contributed by atoms with Gasteiger partial charge in [-0.2, -0.15) is 0 Å². The fourth-order valence-electron chi connectivity index (χ4n) is 3.93. The maximum Gasteiger partial charge on any atom is 0.300 e. The largest absolute Gasteiger partial charge is 0.507 e. The molecule has 0 aromatic heterocycles. The van der Waals surface area contributed by atoms with Crippen LogP contribution in [-0.2, 0) is 9.59 Å². The fourth-order valence-corrected chi connectivity index (χ4v) is 3.93. The molecule has 1 N–H and O–H groups in total. The summed E-state index contributed by atoms with van der Waals surface area (Å²) < 4.78 is 10.6. The van der Waals surface area contributed by atoms with E-state index in [-0.39, 0.29) is 11.3 Å². The minimum atomic E-state index is -0.821. The Balaban J connectivity index is 1.96. The number of carbonyl (C=O) groups excluding carboxylic acids is 2. The predicted octanol–water partition coefficient (Wildman–Crippen LogP) is 4.64. The highest BCUT2D eigenvalue weighted by molar-refractivity contribution is 6.51. The van der Waals surface area contributed by atoms with Gasteiger partial charge >= 0.3 is 0 Å². The van der Waals surface area contributed by atoms with Gasteiger partial charge < -0.3 is 14.6 Å². The Bertz CT molecular complexity index is 1230. The monoisotopic (exact) mass is 429 g/mol. The summed E-state index contributed by atoms with van der Waals surface area (Å²) in [5.41, 5.74) is 2.57. The molecule has 1 aliphatic heterocycles. The molecule has 6 nitrogen and oxygen atoms in total. The van der Waals surface area contributed by atoms with Gasteiger partial charge in [0.25, 0.3) is 11.7 Å². The third kappa shape index (κ3) is 3.71. The van der Waals surface area contributed by atoms with Gasteiger partial charge in [-0.25, -0.2) is 0 Å². The molecule has 1 atom stereocenters. The maximum absolute atomic E-state index is 13.2. The molecule has 3 aromatic carbocycles. The quantitative estimate of drug-likeness (QED) is 0.363. The standard InChI is InChI=1S/C26H23NO5/c1-16-7-4-10-19(13-16)27-23(17-8-5-11-20(14-17)31-2)22(25(29)26(27)30)24(28)18-9-6-12-21(15-18)32-3/h4-15,23,28H,1-3H3/b24-22+. The lowest BCUT2D eigenvalue weighted by atomic mass is 9.95. The van der Waals surface area contributed by atoms with Gasteiger partial charge in [0.15, 0.2) is 0 Å². The Labute approximate surface area is 186 Å². The highest BCUT2D eigenvalue weighted by Gasteiger charge is 2.47. The molecule has 1 aliphatic rings. The van der Waals surface area contributed by atoms with Gasteiger partial charge in [0.05, 0.1) is 25.8 Å². The molecule has 1 saturated heterocycles. The molecule has 3 aromatic rings. The van der Waals surface area contributed by atoms with Crippen molar-refractivity contribution in [2.45, 2.75) is 13.0 Å². The van der Waals surface area contributed by atoms with Crippen molar-refractivity contribution < 1.29 is 24.2 Å². The van der Waals surface area contributed by atoms with Gasteiger partial charge in [-0.15, -0.1) is 0 Å². The number of rotatable bonds is 5. The number of carbonyl (C=O) groups is 2. The van der Waals surface area contributed by atoms with Crippen LogP contribution in [0.2, 0.25) is 0 Å². The van der Waals surface area contributed by atoms with E-state index in [1.165, 1.54) is 12.0 Å². The van der Waals surface area contributed by atoms with Crippen molar-refractivity contribution >= 4 is 23.1 Å². The van der Waals surface area contributed by atoms with Crippen LogP contribution in [0.15, 0.2) is 78.4 Å². The molecule has 1 fully saturated rings. The molecule has 1 heterocycles. The highest BCUT2D eigenvalue weighted by Crippen LogP contribution is 2.43. The number of anilines is 1. The van der Waals surface area contributed by atoms with Crippen LogP contribution in [0.3, 0.4) is 0 Å². The Morgan fingerprint density at radius 2 is 1.53 bits per heavy atom. The van der Waals surface area contributed by atoms with E-state index in [2.05, 4.69) is 0 Å². The van der Waals surface area contributed by atoms with Gasteiger partial charge in [-0.1, -0.05) is 36.4 Å². The highest BCUT2D eigenvalue weighted by atomic mass is 16.5. The minimum absolute atomic E-state index is 0.0120. The van der Waals surface area contributed by atoms with E-state index in [1.54, 1.807) is 61.7 Å². The molecular formula is C26H23NO5. The van der Waals surface area contributed by atoms with Crippen molar-refractivity contribution in [1.29, 1.82) is 0 Å². The number of aryl methyl sites for hydroxylation is 1. The summed E-state index contributed by atoms with van der Waals surface area (Å²) in [5, 5.41) is 11.2. The Kier molecular flexibility index (Phi) is 5.69. The number of aliphatic hydroxyl groups is 1. The van der Waals surface area contributed by atoms with Crippen LogP contribution in [0.5, 0.6) is 11.5 Å². The molecule has 32 heavy (non-hydrogen) atoms. The first-order chi connectivity index (χ1) is 15.4. The van der Waals surface area contributed by atoms with Crippen LogP contribution < -0.4 is 14.4 Å². The number of Topliss-reactive ketones (excluding diaryl/α,β-unsaturated/α-hetero) is 1. The lowest BCUT2D eigenvalue weighted by molar-refractivity contribution is -0.132. The third-order valence-corrected chi connectivity index (χ3v) is 5.48. The van der Waals surface area contributed by atoms with E-state index in [0.29, 0.717) is 28.3 Å². The second-order valence-corrected chi connectivity index (χ2v) is 7.52. The van der Waals surface area contributed by atoms with Crippen LogP contribution in [0.25, 0.3) is 5.76 Å². The molecular weight excluding hydrogens is 406 g/mol. The molecule has 0 radical (unpaired) electrons. The molecule has 0 spiro atoms. The summed E-state index contributed by atoms with van der Waals surface area (Å²) in [5.74, 6) is -0.601. The summed E-state index contributed by atoms with van der Waals surface area (Å²) in [6.07, 6.45) is 0. The molecule has 162 valence electrons. The third-order valence-electron chi connectivity index (χ3n) is 5.48. The number of hydrogen-bond acceptors (Lipinski definition) is 5. The van der Waals surface area contributed by atoms with Crippen LogP contribution >= 0.6 is 0 Å². The first kappa shape index (κ1) is 21.2. The van der Waals surface area contributed by atoms with E-state index in [4.69, 9.17) is 9.47 Å². The minimum Gasteiger partial charge on any atom is -0.507 e. The summed E-state index contributed by atoms with van der Waals surface area (Å²) in [6.45, 7) is 1.91. The van der Waals surface area contributed by atoms with Crippen LogP contribution in [0.4, 0.5) is 5.69 Å². The zero-order valence-electron chi connectivity index (χ0n) is 18.0. The Morgan fingerprint density at radius 1 is 0.875 bits per heavy atom. The zero-order chi connectivity index (χ0) is 22.8. The van der Waals surface area contributed by atoms with Gasteiger partial charge in [-0.05, 0) is 54.4 Å². The zero-order valence-corrected chi connectivity index (χ0v) is 18.0. The van der Waals surface area contributed by atoms with Crippen molar-refractivity contribution in [3.05, 3.63) is 95.1 Å². The molecule has 1 unspecified atom stereocenters. The van der Waals surface area contributed by atoms with Crippen LogP contribution in [-0.4, -0.2) is 31.0 Å². The van der Waals surface area contributed by atoms with Gasteiger partial charge in [-0.3, -0.25) is 14.5 Å². The topological polar surface area (TPSA) is 76.1 Å². The molecule has 4 rings (SSSR count). The summed E-state index contributed by atoms with van der Waals surface area (Å²) in [4.78, 5) is 27.8. The maximum atomic E-state index is 13.2. The van der Waals surface area contributed by atoms with Gasteiger partial charge in [0, 0.05) is 11.3 Å². The number of nitrogens with zero attached hydrogens (tertiary/aromatic N) is 1. The van der Waals surface area contributed by atoms with Crippen LogP contribution in [0.1, 0.15) is 22.7 Å². The van der Waals surface area contributed by atoms with E-state index in [1.807, 2.05) is 25.1 Å². The fraction of sp³-hybridized carbons (Fsp3) is 0.154. The molecule has 0 aliphatic carbocycles. The number of ketones is 1. The Hall–Kier alpha value is -4.06. The van der Waals surface area contributed by atoms with Crippen molar-refractivity contribution in [1.82, 2.24) is 0 Å². The van der Waals surface area contributed by atoms with Crippen molar-refractivity contribution in [2.75, 3.05) is 19.1 Å². The number of hydrogen-bond donors (Lipinski definition) is 1. The number of aliphatic hydroxyl groups excluding tert-OH is 1. The van der Waals surface area contributed by atoms with E-state index >= 15 is 0 Å². The first-order valence-electron chi connectivity index (χ1n) is 10.1. The summed E-state index contributed by atoms with van der Waals surface area (Å²) in [7, 11) is 3.07. The van der Waals surface area contributed by atoms with Crippen LogP contribution in [0, 0.1) is 6.92 Å². The number of amides is 1. The lowest BCUT2D eigenvalue weighted by Crippen LogP contribution is -2.29. The average molecular weight is 429 g/mol. The number of ether oxygens (including phenoxy) is 2. The molecule has 0 saturated carbocycles. The predicted molar refractivity (Wildman–Crippen MR) is 122 cm³/mol. The van der Waals surface area contributed by atoms with Crippen molar-refractivity contribution in [3.63, 3.8) is 0 Å². The molecule has 6 heteroatoms. The van der Waals surface area contributed by atoms with Gasteiger partial charge in [0.1, 0.15) is 17.3 Å². The molecule has 1 amide bonds. The second-order valence-electron chi connectivity index (χ2n) is 7.52. The Morgan fingerprint density at radius 3 is 2.22 bits per heavy atom. The van der Waals surface area contributed by atoms with Crippen molar-refractivity contribution in [3.8, 4) is 11.5 Å². The van der Waals surface area contributed by atoms with E-state index in [0.717, 1.165) is 5.56 Å². The number of benzene rings is 3. The SMILES string of the molecule is COc1cccc(/C(O)=C2\C(=O)C(=O)N(c3cccc(C)c3)C2c2cccc(OC)c2)c1. The summed E-state index contributed by atoms with van der Waals surface area (Å²) >= 11 is 0. The van der Waals surface area contributed by atoms with Crippen molar-refractivity contribution in [2.24, 2.45) is 0 Å². The summed E-state index contributed by atoms with van der Waals surface area (Å²) in [6, 6.07) is 20.4. The molecule has 0 bridgehead atoms. The smallest absolute Gasteiger partial charge is 0.300 e. The second kappa shape index (κ2) is 8.59. The normalized spacial score (nSPS) is 17.5. The average Bonchev–Trinajstić information content (AvgIpc) is 3.09. The van der Waals surface area contributed by atoms with E-state index < -0.39 is 17.7 Å². The van der Waals surface area contributed by atoms with E-state index in [9.17, 15) is 14.7 Å².